The molecule has 142 valence electrons. The van der Waals surface area contributed by atoms with Gasteiger partial charge in [0.25, 0.3) is 5.91 Å². The van der Waals surface area contributed by atoms with E-state index in [9.17, 15) is 14.7 Å². The molecule has 1 amide bonds. The van der Waals surface area contributed by atoms with Gasteiger partial charge >= 0.3 is 5.97 Å². The van der Waals surface area contributed by atoms with Crippen LogP contribution in [0.3, 0.4) is 0 Å². The summed E-state index contributed by atoms with van der Waals surface area (Å²) >= 11 is 0. The number of fused-ring (bicyclic) bond motifs is 6. The summed E-state index contributed by atoms with van der Waals surface area (Å²) in [6, 6.07) is 15.8. The summed E-state index contributed by atoms with van der Waals surface area (Å²) in [5, 5.41) is 10.4. The number of carbonyl (C=O) groups excluding carboxylic acids is 1. The zero-order valence-corrected chi connectivity index (χ0v) is 15.6. The minimum Gasteiger partial charge on any atom is -0.481 e. The number of aryl methyl sites for hydroxylation is 1. The van der Waals surface area contributed by atoms with Gasteiger partial charge in [0.1, 0.15) is 6.17 Å². The van der Waals surface area contributed by atoms with Crippen molar-refractivity contribution in [3.8, 4) is 0 Å². The quantitative estimate of drug-likeness (QED) is 0.763. The van der Waals surface area contributed by atoms with Crippen LogP contribution in [-0.2, 0) is 17.8 Å². The number of aliphatic carboxylic acids is 1. The van der Waals surface area contributed by atoms with E-state index < -0.39 is 5.97 Å². The first-order valence-electron chi connectivity index (χ1n) is 9.52. The fourth-order valence-electron chi connectivity index (χ4n) is 4.76. The molecule has 28 heavy (non-hydrogen) atoms. The summed E-state index contributed by atoms with van der Waals surface area (Å²) in [5.74, 6) is -0.781. The van der Waals surface area contributed by atoms with Crippen molar-refractivity contribution in [3.05, 3.63) is 65.4 Å². The number of amides is 1. The number of anilines is 1. The minimum absolute atomic E-state index is 0.0411. The van der Waals surface area contributed by atoms with E-state index in [0.717, 1.165) is 34.3 Å². The Bertz CT molecular complexity index is 1120. The van der Waals surface area contributed by atoms with Crippen LogP contribution in [0.4, 0.5) is 5.69 Å². The summed E-state index contributed by atoms with van der Waals surface area (Å²) in [6.07, 6.45) is 0.590. The van der Waals surface area contributed by atoms with Gasteiger partial charge < -0.3 is 19.5 Å². The Hall–Kier alpha value is -3.28. The van der Waals surface area contributed by atoms with Gasteiger partial charge in [-0.25, -0.2) is 0 Å². The highest BCUT2D eigenvalue weighted by atomic mass is 16.4. The first kappa shape index (κ1) is 16.9. The standard InChI is InChI=1S/C22H21N3O3/c1-23-17-8-4-3-7-16(17)22(28)25-12-10-15-14-6-2-5-9-18(14)24(13-11-19(26)27)20(15)21(23)25/h2-9,21H,10-13H2,1H3,(H,26,27). The lowest BCUT2D eigenvalue weighted by molar-refractivity contribution is -0.137. The van der Waals surface area contributed by atoms with E-state index in [2.05, 4.69) is 15.5 Å². The topological polar surface area (TPSA) is 65.8 Å². The van der Waals surface area contributed by atoms with Crippen LogP contribution in [0.15, 0.2) is 48.5 Å². The Morgan fingerprint density at radius 2 is 1.89 bits per heavy atom. The Balaban J connectivity index is 1.74. The van der Waals surface area contributed by atoms with Gasteiger partial charge in [-0.3, -0.25) is 9.59 Å². The van der Waals surface area contributed by atoms with Crippen LogP contribution in [0.5, 0.6) is 0 Å². The molecular weight excluding hydrogens is 354 g/mol. The molecule has 0 aliphatic carbocycles. The lowest BCUT2D eigenvalue weighted by Crippen LogP contribution is -2.51. The van der Waals surface area contributed by atoms with Crippen LogP contribution in [-0.4, -0.2) is 40.0 Å². The zero-order chi connectivity index (χ0) is 19.4. The van der Waals surface area contributed by atoms with Gasteiger partial charge in [-0.05, 0) is 30.2 Å². The Labute approximate surface area is 162 Å². The normalized spacial score (nSPS) is 18.0. The Morgan fingerprint density at radius 1 is 1.14 bits per heavy atom. The molecule has 1 N–H and O–H groups in total. The molecular formula is C22H21N3O3. The van der Waals surface area contributed by atoms with E-state index in [1.165, 1.54) is 5.56 Å². The third-order valence-electron chi connectivity index (χ3n) is 5.95. The fourth-order valence-corrected chi connectivity index (χ4v) is 4.76. The first-order chi connectivity index (χ1) is 13.6. The fraction of sp³-hybridized carbons (Fsp3) is 0.273. The molecule has 0 saturated heterocycles. The molecule has 2 aliphatic rings. The highest BCUT2D eigenvalue weighted by molar-refractivity contribution is 6.02. The summed E-state index contributed by atoms with van der Waals surface area (Å²) in [6.45, 7) is 1.04. The van der Waals surface area contributed by atoms with Crippen molar-refractivity contribution < 1.29 is 14.7 Å². The lowest BCUT2D eigenvalue weighted by atomic mass is 9.96. The molecule has 2 aliphatic heterocycles. The van der Waals surface area contributed by atoms with Gasteiger partial charge in [0.05, 0.1) is 23.4 Å². The second kappa shape index (κ2) is 6.12. The second-order valence-electron chi connectivity index (χ2n) is 7.43. The summed E-state index contributed by atoms with van der Waals surface area (Å²) < 4.78 is 2.10. The zero-order valence-electron chi connectivity index (χ0n) is 15.6. The second-order valence-corrected chi connectivity index (χ2v) is 7.43. The largest absolute Gasteiger partial charge is 0.481 e. The number of aromatic nitrogens is 1. The maximum absolute atomic E-state index is 13.2. The van der Waals surface area contributed by atoms with Gasteiger partial charge in [0.2, 0.25) is 0 Å². The van der Waals surface area contributed by atoms with E-state index in [1.54, 1.807) is 0 Å². The monoisotopic (exact) mass is 375 g/mol. The van der Waals surface area contributed by atoms with Gasteiger partial charge in [0.15, 0.2) is 0 Å². The average Bonchev–Trinajstić information content (AvgIpc) is 3.04. The van der Waals surface area contributed by atoms with Crippen molar-refractivity contribution in [2.45, 2.75) is 25.6 Å². The summed E-state index contributed by atoms with van der Waals surface area (Å²) in [4.78, 5) is 28.5. The molecule has 1 atom stereocenters. The first-order valence-corrected chi connectivity index (χ1v) is 9.52. The molecule has 0 saturated carbocycles. The maximum Gasteiger partial charge on any atom is 0.305 e. The number of rotatable bonds is 3. The molecule has 3 aromatic rings. The number of carboxylic acid groups (broad SMARTS) is 1. The van der Waals surface area contributed by atoms with Crippen molar-refractivity contribution >= 4 is 28.5 Å². The van der Waals surface area contributed by atoms with Crippen LogP contribution in [0.1, 0.15) is 34.2 Å². The van der Waals surface area contributed by atoms with Crippen molar-refractivity contribution in [2.24, 2.45) is 0 Å². The molecule has 1 aromatic heterocycles. The number of nitrogens with zero attached hydrogens (tertiary/aromatic N) is 3. The van der Waals surface area contributed by atoms with E-state index in [4.69, 9.17) is 0 Å². The average molecular weight is 375 g/mol. The number of hydrogen-bond acceptors (Lipinski definition) is 3. The van der Waals surface area contributed by atoms with Crippen LogP contribution in [0, 0.1) is 0 Å². The number of carbonyl (C=O) groups is 2. The van der Waals surface area contributed by atoms with Gasteiger partial charge in [0, 0.05) is 31.0 Å². The van der Waals surface area contributed by atoms with E-state index in [0.29, 0.717) is 13.1 Å². The molecule has 0 radical (unpaired) electrons. The molecule has 0 fully saturated rings. The van der Waals surface area contributed by atoms with Gasteiger partial charge in [-0.2, -0.15) is 0 Å². The number of carboxylic acids is 1. The van der Waals surface area contributed by atoms with Crippen LogP contribution in [0.25, 0.3) is 10.9 Å². The predicted molar refractivity (Wildman–Crippen MR) is 107 cm³/mol. The molecule has 3 heterocycles. The number of benzene rings is 2. The van der Waals surface area contributed by atoms with Crippen LogP contribution >= 0.6 is 0 Å². The smallest absolute Gasteiger partial charge is 0.305 e. The Kier molecular flexibility index (Phi) is 3.69. The SMILES string of the molecule is CN1c2ccccc2C(=O)N2CCc3c(n(CCC(=O)O)c4ccccc34)C21. The highest BCUT2D eigenvalue weighted by Crippen LogP contribution is 2.44. The van der Waals surface area contributed by atoms with Gasteiger partial charge in [-0.1, -0.05) is 30.3 Å². The summed E-state index contributed by atoms with van der Waals surface area (Å²) in [5.41, 5.74) is 4.94. The molecule has 1 unspecified atom stereocenters. The lowest BCUT2D eigenvalue weighted by Gasteiger charge is -2.46. The molecule has 2 aromatic carbocycles. The minimum atomic E-state index is -0.822. The number of hydrogen-bond donors (Lipinski definition) is 1. The van der Waals surface area contributed by atoms with Crippen LogP contribution < -0.4 is 4.90 Å². The van der Waals surface area contributed by atoms with Crippen molar-refractivity contribution in [3.63, 3.8) is 0 Å². The molecule has 5 rings (SSSR count). The van der Waals surface area contributed by atoms with E-state index in [1.807, 2.05) is 54.4 Å². The molecule has 6 nitrogen and oxygen atoms in total. The maximum atomic E-state index is 13.2. The molecule has 6 heteroatoms. The third kappa shape index (κ3) is 2.27. The highest BCUT2D eigenvalue weighted by Gasteiger charge is 2.42. The van der Waals surface area contributed by atoms with E-state index >= 15 is 0 Å². The van der Waals surface area contributed by atoms with Crippen molar-refractivity contribution in [1.29, 1.82) is 0 Å². The Morgan fingerprint density at radius 3 is 2.71 bits per heavy atom. The van der Waals surface area contributed by atoms with Crippen LogP contribution in [0.2, 0.25) is 0 Å². The predicted octanol–water partition coefficient (Wildman–Crippen LogP) is 3.26. The van der Waals surface area contributed by atoms with E-state index in [-0.39, 0.29) is 18.5 Å². The van der Waals surface area contributed by atoms with Gasteiger partial charge in [-0.15, -0.1) is 0 Å². The molecule has 0 bridgehead atoms. The van der Waals surface area contributed by atoms with Crippen molar-refractivity contribution in [1.82, 2.24) is 9.47 Å². The van der Waals surface area contributed by atoms with Crippen molar-refractivity contribution in [2.75, 3.05) is 18.5 Å². The third-order valence-corrected chi connectivity index (χ3v) is 5.95. The number of para-hydroxylation sites is 2. The summed E-state index contributed by atoms with van der Waals surface area (Å²) in [7, 11) is 2.01. The molecule has 0 spiro atoms.